The molecule has 0 bridgehead atoms. The molecular weight excluding hydrogens is 497 g/mol. The number of hydrogen-bond donors (Lipinski definition) is 2. The molecule has 36 heavy (non-hydrogen) atoms. The summed E-state index contributed by atoms with van der Waals surface area (Å²) in [6, 6.07) is 17.8. The zero-order valence-corrected chi connectivity index (χ0v) is 19.1. The molecular formula is C23H17F3N6O3S. The van der Waals surface area contributed by atoms with Crippen LogP contribution in [0.5, 0.6) is 0 Å². The molecule has 4 rings (SSSR count). The van der Waals surface area contributed by atoms with Crippen LogP contribution in [-0.2, 0) is 23.0 Å². The molecule has 0 radical (unpaired) electrons. The molecule has 1 heterocycles. The number of hydrogen-bond acceptors (Lipinski definition) is 6. The number of alkyl halides is 3. The third-order valence-electron chi connectivity index (χ3n) is 5.16. The van der Waals surface area contributed by atoms with Crippen LogP contribution >= 0.6 is 0 Å². The van der Waals surface area contributed by atoms with Crippen LogP contribution in [0.25, 0.3) is 11.1 Å². The summed E-state index contributed by atoms with van der Waals surface area (Å²) in [4.78, 5) is 0. The van der Waals surface area contributed by atoms with Gasteiger partial charge in [0.15, 0.2) is 0 Å². The van der Waals surface area contributed by atoms with Crippen molar-refractivity contribution in [2.45, 2.75) is 12.7 Å². The van der Waals surface area contributed by atoms with Gasteiger partial charge in [-0.15, -0.1) is 10.2 Å². The predicted molar refractivity (Wildman–Crippen MR) is 125 cm³/mol. The highest BCUT2D eigenvalue weighted by atomic mass is 32.2. The largest absolute Gasteiger partial charge is 0.416 e. The Kier molecular flexibility index (Phi) is 6.65. The van der Waals surface area contributed by atoms with E-state index < -0.39 is 22.0 Å². The number of rotatable bonds is 7. The molecule has 9 nitrogen and oxygen atoms in total. The van der Waals surface area contributed by atoms with Crippen molar-refractivity contribution in [3.05, 3.63) is 96.1 Å². The van der Waals surface area contributed by atoms with Gasteiger partial charge in [0.1, 0.15) is 12.7 Å². The summed E-state index contributed by atoms with van der Waals surface area (Å²) in [5.74, 6) is 0. The summed E-state index contributed by atoms with van der Waals surface area (Å²) in [6.45, 7) is 0.253. The van der Waals surface area contributed by atoms with Crippen LogP contribution in [0.15, 0.2) is 79.4 Å². The molecule has 0 fully saturated rings. The van der Waals surface area contributed by atoms with E-state index in [1.165, 1.54) is 36.9 Å². The maximum Gasteiger partial charge on any atom is 0.416 e. The molecule has 0 saturated carbocycles. The molecule has 0 unspecified atom stereocenters. The Labute approximate surface area is 203 Å². The maximum atomic E-state index is 13.0. The van der Waals surface area contributed by atoms with Gasteiger partial charge in [0, 0.05) is 5.56 Å². The fourth-order valence-electron chi connectivity index (χ4n) is 3.49. The summed E-state index contributed by atoms with van der Waals surface area (Å²) in [5, 5.41) is 19.0. The van der Waals surface area contributed by atoms with Crippen LogP contribution in [0.2, 0.25) is 0 Å². The van der Waals surface area contributed by atoms with E-state index in [0.29, 0.717) is 16.8 Å². The molecule has 0 amide bonds. The number of halogens is 3. The summed E-state index contributed by atoms with van der Waals surface area (Å²) in [5.41, 5.74) is 1.86. The van der Waals surface area contributed by atoms with E-state index in [-0.39, 0.29) is 17.8 Å². The van der Waals surface area contributed by atoms with Gasteiger partial charge in [-0.3, -0.25) is 14.3 Å². The zero-order chi connectivity index (χ0) is 25.9. The summed E-state index contributed by atoms with van der Waals surface area (Å²) < 4.78 is 73.5. The highest BCUT2D eigenvalue weighted by Gasteiger charge is 2.30. The average Bonchev–Trinajstić information content (AvgIpc) is 3.36. The lowest BCUT2D eigenvalue weighted by atomic mass is 9.98. The van der Waals surface area contributed by atoms with E-state index in [4.69, 9.17) is 4.55 Å². The van der Waals surface area contributed by atoms with Gasteiger partial charge in [-0.2, -0.15) is 26.9 Å². The summed E-state index contributed by atoms with van der Waals surface area (Å²) in [7, 11) is -4.41. The first-order chi connectivity index (χ1) is 17.0. The second-order valence-corrected chi connectivity index (χ2v) is 8.74. The minimum absolute atomic E-state index is 0.167. The molecule has 4 aromatic rings. The minimum atomic E-state index is -4.48. The van der Waals surface area contributed by atoms with Gasteiger partial charge in [0.2, 0.25) is 0 Å². The maximum absolute atomic E-state index is 13.0. The normalized spacial score (nSPS) is 11.6. The van der Waals surface area contributed by atoms with Gasteiger partial charge in [0.05, 0.1) is 35.1 Å². The fourth-order valence-corrected chi connectivity index (χ4v) is 3.93. The first kappa shape index (κ1) is 24.7. The van der Waals surface area contributed by atoms with Crippen molar-refractivity contribution in [3.8, 4) is 17.2 Å². The number of aromatic nitrogens is 3. The SMILES string of the molecule is N#Cc1ccc(N(Cc2ccc(NS(=O)(=O)O)cc2)n2cnnc2)cc1-c1ccc(C(F)(F)F)cc1. The van der Waals surface area contributed by atoms with Crippen molar-refractivity contribution in [2.24, 2.45) is 0 Å². The lowest BCUT2D eigenvalue weighted by Crippen LogP contribution is -2.28. The van der Waals surface area contributed by atoms with E-state index in [1.807, 2.05) is 4.72 Å². The summed E-state index contributed by atoms with van der Waals surface area (Å²) >= 11 is 0. The van der Waals surface area contributed by atoms with Crippen molar-refractivity contribution in [1.82, 2.24) is 14.9 Å². The number of anilines is 2. The minimum Gasteiger partial charge on any atom is -0.274 e. The van der Waals surface area contributed by atoms with Crippen LogP contribution in [0.4, 0.5) is 24.5 Å². The van der Waals surface area contributed by atoms with E-state index >= 15 is 0 Å². The Balaban J connectivity index is 1.70. The van der Waals surface area contributed by atoms with Gasteiger partial charge in [-0.25, -0.2) is 4.68 Å². The third kappa shape index (κ3) is 5.80. The van der Waals surface area contributed by atoms with Crippen LogP contribution < -0.4 is 9.73 Å². The van der Waals surface area contributed by atoms with E-state index in [2.05, 4.69) is 16.3 Å². The van der Waals surface area contributed by atoms with Gasteiger partial charge in [0.25, 0.3) is 0 Å². The predicted octanol–water partition coefficient (Wildman–Crippen LogP) is 4.52. The van der Waals surface area contributed by atoms with Crippen molar-refractivity contribution in [1.29, 1.82) is 5.26 Å². The molecule has 184 valence electrons. The van der Waals surface area contributed by atoms with Gasteiger partial charge >= 0.3 is 16.5 Å². The summed E-state index contributed by atoms with van der Waals surface area (Å²) in [6.07, 6.45) is -1.58. The number of benzene rings is 3. The van der Waals surface area contributed by atoms with Gasteiger partial charge < -0.3 is 0 Å². The third-order valence-corrected chi connectivity index (χ3v) is 5.66. The molecule has 2 N–H and O–H groups in total. The van der Waals surface area contributed by atoms with E-state index in [1.54, 1.807) is 40.0 Å². The molecule has 3 aromatic carbocycles. The van der Waals surface area contributed by atoms with E-state index in [9.17, 15) is 26.9 Å². The lowest BCUT2D eigenvalue weighted by Gasteiger charge is -2.26. The average molecular weight is 514 g/mol. The molecule has 0 atom stereocenters. The molecule has 0 aliphatic heterocycles. The lowest BCUT2D eigenvalue weighted by molar-refractivity contribution is -0.137. The Bertz CT molecular complexity index is 1500. The standard InChI is InChI=1S/C23H17F3N6O3S/c24-23(25,26)19-6-3-17(4-7-19)22-11-21(10-5-18(22)12-27)32(31-14-28-29-15-31)13-16-1-8-20(9-2-16)30-36(33,34)35/h1-11,14-15,30H,13H2,(H,33,34,35). The molecule has 13 heteroatoms. The number of nitrogens with zero attached hydrogens (tertiary/aromatic N) is 5. The monoisotopic (exact) mass is 514 g/mol. The Morgan fingerprint density at radius 1 is 1.00 bits per heavy atom. The number of nitriles is 1. The van der Waals surface area contributed by atoms with Crippen LogP contribution in [-0.4, -0.2) is 27.8 Å². The van der Waals surface area contributed by atoms with Crippen molar-refractivity contribution < 1.29 is 26.1 Å². The second kappa shape index (κ2) is 9.68. The Hall–Kier alpha value is -4.41. The van der Waals surface area contributed by atoms with E-state index in [0.717, 1.165) is 17.7 Å². The second-order valence-electron chi connectivity index (χ2n) is 7.59. The molecule has 0 saturated heterocycles. The first-order valence-corrected chi connectivity index (χ1v) is 11.7. The van der Waals surface area contributed by atoms with Crippen molar-refractivity contribution in [2.75, 3.05) is 9.73 Å². The number of nitrogens with one attached hydrogen (secondary N) is 1. The topological polar surface area (TPSA) is 124 Å². The van der Waals surface area contributed by atoms with Crippen molar-refractivity contribution >= 4 is 21.7 Å². The molecule has 1 aromatic heterocycles. The molecule has 0 aliphatic carbocycles. The smallest absolute Gasteiger partial charge is 0.274 e. The van der Waals surface area contributed by atoms with Gasteiger partial charge in [-0.05, 0) is 53.6 Å². The van der Waals surface area contributed by atoms with Crippen LogP contribution in [0, 0.1) is 11.3 Å². The fraction of sp³-hybridized carbons (Fsp3) is 0.0870. The highest BCUT2D eigenvalue weighted by Crippen LogP contribution is 2.33. The Morgan fingerprint density at radius 2 is 1.64 bits per heavy atom. The Morgan fingerprint density at radius 3 is 2.19 bits per heavy atom. The molecule has 0 aliphatic rings. The highest BCUT2D eigenvalue weighted by molar-refractivity contribution is 7.87. The zero-order valence-electron chi connectivity index (χ0n) is 18.3. The van der Waals surface area contributed by atoms with Gasteiger partial charge in [-0.1, -0.05) is 24.3 Å². The van der Waals surface area contributed by atoms with Crippen LogP contribution in [0.1, 0.15) is 16.7 Å². The first-order valence-electron chi connectivity index (χ1n) is 10.2. The quantitative estimate of drug-likeness (QED) is 0.348. The van der Waals surface area contributed by atoms with Crippen LogP contribution in [0.3, 0.4) is 0 Å². The van der Waals surface area contributed by atoms with Crippen molar-refractivity contribution in [3.63, 3.8) is 0 Å². The molecule has 0 spiro atoms.